The molecule has 12 nitrogen and oxygen atoms in total. The van der Waals surface area contributed by atoms with E-state index in [1.165, 1.54) is 42.6 Å². The predicted molar refractivity (Wildman–Crippen MR) is 111 cm³/mol. The molecule has 2 aromatic carbocycles. The number of nitrogens with zero attached hydrogens (tertiary/aromatic N) is 6. The highest BCUT2D eigenvalue weighted by atomic mass is 79.9. The number of fused-ring (bicyclic) bond motifs is 1. The first-order chi connectivity index (χ1) is 14.9. The number of nitro groups is 1. The van der Waals surface area contributed by atoms with Crippen LogP contribution in [0, 0.1) is 15.9 Å². The van der Waals surface area contributed by atoms with Gasteiger partial charge in [-0.3, -0.25) is 15.5 Å². The quantitative estimate of drug-likeness (QED) is 0.207. The van der Waals surface area contributed by atoms with Gasteiger partial charge in [-0.25, -0.2) is 14.0 Å². The average Bonchev–Trinajstić information content (AvgIpc) is 3.19. The van der Waals surface area contributed by atoms with Crippen molar-refractivity contribution in [2.75, 3.05) is 10.7 Å². The lowest BCUT2D eigenvalue weighted by Crippen LogP contribution is -2.03. The molecule has 0 aliphatic heterocycles. The highest BCUT2D eigenvalue weighted by Crippen LogP contribution is 2.32. The molecule has 0 saturated heterocycles. The number of hydrazone groups is 1. The van der Waals surface area contributed by atoms with Crippen molar-refractivity contribution in [2.45, 2.75) is 0 Å². The van der Waals surface area contributed by atoms with Crippen molar-refractivity contribution in [3.05, 3.63) is 62.4 Å². The number of hydrogen-bond acceptors (Lipinski definition) is 11. The van der Waals surface area contributed by atoms with Gasteiger partial charge in [-0.1, -0.05) is 15.9 Å². The van der Waals surface area contributed by atoms with Crippen molar-refractivity contribution in [1.82, 2.24) is 20.3 Å². The molecule has 4 aromatic rings. The van der Waals surface area contributed by atoms with Crippen molar-refractivity contribution < 1.29 is 19.0 Å². The molecule has 14 heteroatoms. The Labute approximate surface area is 180 Å². The first-order valence-corrected chi connectivity index (χ1v) is 9.19. The number of aromatic nitrogens is 4. The number of nitro benzene ring substituents is 1. The van der Waals surface area contributed by atoms with Gasteiger partial charge in [0.05, 0.1) is 11.1 Å². The molecule has 4 rings (SSSR count). The predicted octanol–water partition coefficient (Wildman–Crippen LogP) is 3.72. The number of halogens is 2. The van der Waals surface area contributed by atoms with E-state index < -0.39 is 22.2 Å². The summed E-state index contributed by atoms with van der Waals surface area (Å²) in [6, 6.07) is 8.13. The third kappa shape index (κ3) is 4.37. The van der Waals surface area contributed by atoms with Crippen LogP contribution in [-0.2, 0) is 0 Å². The van der Waals surface area contributed by atoms with Gasteiger partial charge in [0.25, 0.3) is 0 Å². The van der Waals surface area contributed by atoms with Gasteiger partial charge in [0.2, 0.25) is 17.0 Å². The zero-order valence-corrected chi connectivity index (χ0v) is 16.7. The fraction of sp³-hybridized carbons (Fsp3) is 0. The van der Waals surface area contributed by atoms with E-state index in [1.54, 1.807) is 0 Å². The molecule has 0 aliphatic rings. The summed E-state index contributed by atoms with van der Waals surface area (Å²) in [7, 11) is 0. The molecule has 2 heterocycles. The molecular weight excluding hydrogens is 479 g/mol. The molecule has 0 fully saturated rings. The maximum absolute atomic E-state index is 13.2. The smallest absolute Gasteiger partial charge is 0.312 e. The van der Waals surface area contributed by atoms with Crippen LogP contribution in [0.5, 0.6) is 5.75 Å². The normalized spacial score (nSPS) is 11.2. The van der Waals surface area contributed by atoms with E-state index in [9.17, 15) is 19.6 Å². The Hall–Kier alpha value is -4.20. The summed E-state index contributed by atoms with van der Waals surface area (Å²) in [5.41, 5.74) is 2.96. The zero-order valence-electron chi connectivity index (χ0n) is 15.2. The number of nitrogens with one attached hydrogen (secondary N) is 2. The molecule has 2 aromatic heterocycles. The molecule has 0 spiro atoms. The summed E-state index contributed by atoms with van der Waals surface area (Å²) in [5.74, 6) is -0.673. The number of phenolic OH excluding ortho intramolecular Hbond substituents is 1. The van der Waals surface area contributed by atoms with Crippen LogP contribution in [0.4, 0.5) is 27.4 Å². The van der Waals surface area contributed by atoms with Gasteiger partial charge in [0.1, 0.15) is 5.82 Å². The van der Waals surface area contributed by atoms with E-state index in [1.807, 2.05) is 0 Å². The molecule has 0 amide bonds. The lowest BCUT2D eigenvalue weighted by Gasteiger charge is -2.09. The minimum absolute atomic E-state index is 0.0822. The Kier molecular flexibility index (Phi) is 5.36. The Bertz CT molecular complexity index is 1310. The molecule has 0 atom stereocenters. The van der Waals surface area contributed by atoms with Crippen LogP contribution in [0.15, 0.2) is 50.6 Å². The summed E-state index contributed by atoms with van der Waals surface area (Å²) >= 11 is 3.15. The van der Waals surface area contributed by atoms with E-state index in [2.05, 4.69) is 56.7 Å². The maximum Gasteiger partial charge on any atom is 0.312 e. The minimum Gasteiger partial charge on any atom is -0.502 e. The molecule has 156 valence electrons. The standard InChI is InChI=1S/C17H10BrFN8O4/c18-9-5-8(13(28)12(6-9)27(29)30)7-20-24-15-14(21-11-3-1-10(19)2-4-11)22-16-17(23-15)26-31-25-16/h1-7,28H,(H,21,22,25)(H,23,24,26)/b20-7+. The molecule has 0 bridgehead atoms. The third-order valence-electron chi connectivity index (χ3n) is 3.88. The largest absolute Gasteiger partial charge is 0.502 e. The Morgan fingerprint density at radius 2 is 1.84 bits per heavy atom. The Morgan fingerprint density at radius 1 is 1.16 bits per heavy atom. The summed E-state index contributed by atoms with van der Waals surface area (Å²) in [6.45, 7) is 0. The molecule has 0 radical (unpaired) electrons. The second kappa shape index (κ2) is 8.27. The number of benzene rings is 2. The summed E-state index contributed by atoms with van der Waals surface area (Å²) in [4.78, 5) is 18.8. The van der Waals surface area contributed by atoms with Gasteiger partial charge in [-0.05, 0) is 40.6 Å². The van der Waals surface area contributed by atoms with Gasteiger partial charge >= 0.3 is 5.69 Å². The van der Waals surface area contributed by atoms with E-state index in [4.69, 9.17) is 0 Å². The second-order valence-electron chi connectivity index (χ2n) is 5.95. The van der Waals surface area contributed by atoms with Crippen molar-refractivity contribution in [1.29, 1.82) is 0 Å². The van der Waals surface area contributed by atoms with Crippen molar-refractivity contribution in [2.24, 2.45) is 5.10 Å². The van der Waals surface area contributed by atoms with Gasteiger partial charge in [0.15, 0.2) is 11.6 Å². The first kappa shape index (κ1) is 20.1. The molecule has 3 N–H and O–H groups in total. The van der Waals surface area contributed by atoms with Crippen LogP contribution >= 0.6 is 15.9 Å². The van der Waals surface area contributed by atoms with Crippen molar-refractivity contribution in [3.63, 3.8) is 0 Å². The van der Waals surface area contributed by atoms with E-state index in [0.717, 1.165) is 0 Å². The topological polar surface area (TPSA) is 164 Å². The molecular formula is C17H10BrFN8O4. The highest BCUT2D eigenvalue weighted by molar-refractivity contribution is 9.10. The van der Waals surface area contributed by atoms with Gasteiger partial charge in [-0.2, -0.15) is 10.1 Å². The fourth-order valence-corrected chi connectivity index (χ4v) is 2.94. The number of hydrogen-bond donors (Lipinski definition) is 3. The first-order valence-electron chi connectivity index (χ1n) is 8.39. The van der Waals surface area contributed by atoms with Crippen LogP contribution in [-0.4, -0.2) is 36.5 Å². The monoisotopic (exact) mass is 488 g/mol. The summed E-state index contributed by atoms with van der Waals surface area (Å²) in [5, 5.41) is 35.3. The number of rotatable bonds is 6. The lowest BCUT2D eigenvalue weighted by molar-refractivity contribution is -0.385. The van der Waals surface area contributed by atoms with Crippen LogP contribution in [0.1, 0.15) is 5.56 Å². The molecule has 0 unspecified atom stereocenters. The number of phenols is 1. The minimum atomic E-state index is -0.716. The fourth-order valence-electron chi connectivity index (χ4n) is 2.48. The Morgan fingerprint density at radius 3 is 2.52 bits per heavy atom. The van der Waals surface area contributed by atoms with Crippen LogP contribution in [0.2, 0.25) is 0 Å². The Balaban J connectivity index is 1.65. The van der Waals surface area contributed by atoms with Crippen LogP contribution in [0.25, 0.3) is 11.3 Å². The molecule has 31 heavy (non-hydrogen) atoms. The van der Waals surface area contributed by atoms with Crippen LogP contribution < -0.4 is 10.7 Å². The number of anilines is 3. The second-order valence-corrected chi connectivity index (χ2v) is 6.87. The van der Waals surface area contributed by atoms with Crippen molar-refractivity contribution >= 4 is 56.4 Å². The molecule has 0 saturated carbocycles. The highest BCUT2D eigenvalue weighted by Gasteiger charge is 2.18. The maximum atomic E-state index is 13.2. The number of aromatic hydroxyl groups is 1. The van der Waals surface area contributed by atoms with Crippen LogP contribution in [0.3, 0.4) is 0 Å². The zero-order chi connectivity index (χ0) is 22.0. The van der Waals surface area contributed by atoms with Gasteiger partial charge < -0.3 is 10.4 Å². The summed E-state index contributed by atoms with van der Waals surface area (Å²) in [6.07, 6.45) is 1.17. The van der Waals surface area contributed by atoms with Crippen molar-refractivity contribution in [3.8, 4) is 5.75 Å². The third-order valence-corrected chi connectivity index (χ3v) is 4.33. The lowest BCUT2D eigenvalue weighted by atomic mass is 10.2. The van der Waals surface area contributed by atoms with E-state index >= 15 is 0 Å². The van der Waals surface area contributed by atoms with E-state index in [0.29, 0.717) is 10.2 Å². The summed E-state index contributed by atoms with van der Waals surface area (Å²) < 4.78 is 18.1. The molecule has 0 aliphatic carbocycles. The SMILES string of the molecule is O=[N+]([O-])c1cc(Br)cc(/C=N/Nc2nc3nonc3nc2Nc2ccc(F)cc2)c1O. The van der Waals surface area contributed by atoms with Gasteiger partial charge in [0, 0.05) is 21.8 Å². The van der Waals surface area contributed by atoms with E-state index in [-0.39, 0.29) is 28.5 Å². The average molecular weight is 489 g/mol. The van der Waals surface area contributed by atoms with Gasteiger partial charge in [-0.15, -0.1) is 0 Å².